The lowest BCUT2D eigenvalue weighted by Crippen LogP contribution is -1.83. The lowest BCUT2D eigenvalue weighted by atomic mass is 10.1. The summed E-state index contributed by atoms with van der Waals surface area (Å²) < 4.78 is 7.76. The Morgan fingerprint density at radius 1 is 0.714 bits per heavy atom. The molecule has 21 heavy (non-hydrogen) atoms. The van der Waals surface area contributed by atoms with Gasteiger partial charge in [-0.25, -0.2) is 0 Å². The molecule has 5 rings (SSSR count). The smallest absolute Gasteiger partial charge is 0.119 e. The van der Waals surface area contributed by atoms with Gasteiger partial charge in [0.25, 0.3) is 0 Å². The van der Waals surface area contributed by atoms with E-state index in [4.69, 9.17) is 4.74 Å². The molecule has 0 amide bonds. The Kier molecular flexibility index (Phi) is 1.92. The van der Waals surface area contributed by atoms with Gasteiger partial charge in [0.2, 0.25) is 0 Å². The molecule has 0 aliphatic heterocycles. The number of hydrogen-bond acceptors (Lipinski definition) is 1. The summed E-state index contributed by atoms with van der Waals surface area (Å²) in [6.07, 6.45) is 0. The number of para-hydroxylation sites is 2. The predicted octanol–water partition coefficient (Wildman–Crippen LogP) is 4.85. The summed E-state index contributed by atoms with van der Waals surface area (Å²) in [5.74, 6) is 0.904. The van der Waals surface area contributed by atoms with Crippen LogP contribution in [-0.2, 0) is 0 Å². The van der Waals surface area contributed by atoms with Crippen molar-refractivity contribution in [1.29, 1.82) is 0 Å². The summed E-state index contributed by atoms with van der Waals surface area (Å²) in [5.41, 5.74) is 3.81. The first-order valence-corrected chi connectivity index (χ1v) is 7.09. The summed E-state index contributed by atoms with van der Waals surface area (Å²) >= 11 is 0. The van der Waals surface area contributed by atoms with Crippen molar-refractivity contribution in [3.8, 4) is 5.75 Å². The maximum atomic E-state index is 5.39. The van der Waals surface area contributed by atoms with Crippen LogP contribution < -0.4 is 4.74 Å². The summed E-state index contributed by atoms with van der Waals surface area (Å²) in [6, 6.07) is 21.5. The third-order valence-corrected chi connectivity index (χ3v) is 4.43. The first-order chi connectivity index (χ1) is 10.4. The molecule has 0 atom stereocenters. The van der Waals surface area contributed by atoms with E-state index in [-0.39, 0.29) is 0 Å². The average Bonchev–Trinajstić information content (AvgIpc) is 3.06. The number of nitrogens with zero attached hydrogens (tertiary/aromatic N) is 1. The van der Waals surface area contributed by atoms with Crippen LogP contribution in [0.3, 0.4) is 0 Å². The van der Waals surface area contributed by atoms with E-state index in [2.05, 4.69) is 59.0 Å². The Morgan fingerprint density at radius 2 is 1.43 bits per heavy atom. The summed E-state index contributed by atoms with van der Waals surface area (Å²) in [6.45, 7) is 0. The fourth-order valence-corrected chi connectivity index (χ4v) is 3.54. The molecule has 0 spiro atoms. The first-order valence-electron chi connectivity index (χ1n) is 7.09. The zero-order valence-corrected chi connectivity index (χ0v) is 11.6. The maximum absolute atomic E-state index is 5.39. The van der Waals surface area contributed by atoms with Gasteiger partial charge < -0.3 is 9.14 Å². The third-order valence-electron chi connectivity index (χ3n) is 4.43. The number of aromatic nitrogens is 1. The molecule has 0 bridgehead atoms. The van der Waals surface area contributed by atoms with E-state index < -0.39 is 0 Å². The van der Waals surface area contributed by atoms with Crippen LogP contribution in [0.5, 0.6) is 5.75 Å². The van der Waals surface area contributed by atoms with E-state index in [9.17, 15) is 0 Å². The molecule has 100 valence electrons. The van der Waals surface area contributed by atoms with Crippen molar-refractivity contribution in [2.45, 2.75) is 0 Å². The summed E-state index contributed by atoms with van der Waals surface area (Å²) in [5, 5.41) is 5.17. The van der Waals surface area contributed by atoms with Crippen molar-refractivity contribution in [3.63, 3.8) is 0 Å². The zero-order chi connectivity index (χ0) is 14.0. The molecule has 2 heterocycles. The molecule has 3 aromatic carbocycles. The maximum Gasteiger partial charge on any atom is 0.119 e. The van der Waals surface area contributed by atoms with Gasteiger partial charge in [-0.15, -0.1) is 0 Å². The van der Waals surface area contributed by atoms with E-state index in [1.54, 1.807) is 7.11 Å². The van der Waals surface area contributed by atoms with Gasteiger partial charge >= 0.3 is 0 Å². The largest absolute Gasteiger partial charge is 0.497 e. The molecule has 5 aromatic rings. The van der Waals surface area contributed by atoms with Crippen molar-refractivity contribution in [2.24, 2.45) is 0 Å². The van der Waals surface area contributed by atoms with E-state index in [0.29, 0.717) is 0 Å². The van der Waals surface area contributed by atoms with Crippen molar-refractivity contribution in [1.82, 2.24) is 4.40 Å². The molecule has 0 aliphatic rings. The fourth-order valence-electron chi connectivity index (χ4n) is 3.54. The molecule has 0 saturated heterocycles. The van der Waals surface area contributed by atoms with Gasteiger partial charge in [0.05, 0.1) is 23.7 Å². The average molecular weight is 271 g/mol. The lowest BCUT2D eigenvalue weighted by Gasteiger charge is -2.01. The van der Waals surface area contributed by atoms with Crippen molar-refractivity contribution in [2.75, 3.05) is 7.11 Å². The highest BCUT2D eigenvalue weighted by atomic mass is 16.5. The minimum absolute atomic E-state index is 0.904. The molecular formula is C19H13NO. The Balaban J connectivity index is 2.18. The van der Waals surface area contributed by atoms with Gasteiger partial charge in [-0.05, 0) is 24.3 Å². The molecule has 0 unspecified atom stereocenters. The van der Waals surface area contributed by atoms with E-state index in [0.717, 1.165) is 5.75 Å². The second-order valence-electron chi connectivity index (χ2n) is 5.44. The number of fused-ring (bicyclic) bond motifs is 6. The highest BCUT2D eigenvalue weighted by molar-refractivity contribution is 6.23. The second kappa shape index (κ2) is 3.67. The standard InChI is InChI=1S/C19H13NO/c1-21-12-9-10-18-16(11-12)15-7-4-6-14-13-5-2-3-8-17(13)20(18)19(14)15/h2-11H,1H3. The topological polar surface area (TPSA) is 13.6 Å². The van der Waals surface area contributed by atoms with E-state index in [1.807, 2.05) is 6.07 Å². The number of ether oxygens (including phenoxy) is 1. The molecule has 0 N–H and O–H groups in total. The van der Waals surface area contributed by atoms with Gasteiger partial charge in [-0.2, -0.15) is 0 Å². The Morgan fingerprint density at radius 3 is 2.29 bits per heavy atom. The first kappa shape index (κ1) is 11.0. The number of methoxy groups -OCH3 is 1. The molecular weight excluding hydrogens is 258 g/mol. The van der Waals surface area contributed by atoms with Crippen molar-refractivity contribution < 1.29 is 4.74 Å². The SMILES string of the molecule is COc1ccc2c(c1)c1cccc3c4ccccc4n2c31. The molecule has 2 nitrogen and oxygen atoms in total. The number of hydrogen-bond donors (Lipinski definition) is 0. The molecule has 0 aliphatic carbocycles. The number of rotatable bonds is 1. The monoisotopic (exact) mass is 271 g/mol. The number of benzene rings is 3. The fraction of sp³-hybridized carbons (Fsp3) is 0.0526. The minimum atomic E-state index is 0.904. The van der Waals surface area contributed by atoms with Crippen LogP contribution in [0.4, 0.5) is 0 Å². The lowest BCUT2D eigenvalue weighted by molar-refractivity contribution is 0.415. The molecule has 2 heteroatoms. The van der Waals surface area contributed by atoms with Crippen LogP contribution in [0.15, 0.2) is 60.7 Å². The van der Waals surface area contributed by atoms with Crippen LogP contribution in [0.25, 0.3) is 38.1 Å². The van der Waals surface area contributed by atoms with E-state index in [1.165, 1.54) is 38.1 Å². The Labute approximate surface area is 121 Å². The van der Waals surface area contributed by atoms with Gasteiger partial charge in [0.1, 0.15) is 5.75 Å². The van der Waals surface area contributed by atoms with E-state index >= 15 is 0 Å². The Bertz CT molecular complexity index is 1120. The van der Waals surface area contributed by atoms with Gasteiger partial charge in [-0.3, -0.25) is 0 Å². The van der Waals surface area contributed by atoms with Crippen LogP contribution in [0.1, 0.15) is 0 Å². The summed E-state index contributed by atoms with van der Waals surface area (Å²) in [7, 11) is 1.72. The highest BCUT2D eigenvalue weighted by Gasteiger charge is 2.16. The Hall–Kier alpha value is -2.74. The van der Waals surface area contributed by atoms with Crippen LogP contribution in [0.2, 0.25) is 0 Å². The normalized spacial score (nSPS) is 12.0. The summed E-state index contributed by atoms with van der Waals surface area (Å²) in [4.78, 5) is 0. The zero-order valence-electron chi connectivity index (χ0n) is 11.6. The van der Waals surface area contributed by atoms with Gasteiger partial charge in [0, 0.05) is 21.5 Å². The van der Waals surface area contributed by atoms with Crippen LogP contribution in [-0.4, -0.2) is 11.5 Å². The molecule has 0 fully saturated rings. The van der Waals surface area contributed by atoms with Crippen LogP contribution in [0, 0.1) is 0 Å². The predicted molar refractivity (Wildman–Crippen MR) is 87.7 cm³/mol. The molecule has 2 aromatic heterocycles. The molecule has 0 radical (unpaired) electrons. The van der Waals surface area contributed by atoms with Gasteiger partial charge in [0.15, 0.2) is 0 Å². The van der Waals surface area contributed by atoms with Gasteiger partial charge in [-0.1, -0.05) is 36.4 Å². The van der Waals surface area contributed by atoms with Crippen LogP contribution >= 0.6 is 0 Å². The minimum Gasteiger partial charge on any atom is -0.497 e. The third kappa shape index (κ3) is 1.23. The highest BCUT2D eigenvalue weighted by Crippen LogP contribution is 2.39. The quantitative estimate of drug-likeness (QED) is 0.425. The molecule has 0 saturated carbocycles. The second-order valence-corrected chi connectivity index (χ2v) is 5.44. The van der Waals surface area contributed by atoms with Crippen molar-refractivity contribution in [3.05, 3.63) is 60.7 Å². The van der Waals surface area contributed by atoms with Crippen molar-refractivity contribution >= 4 is 38.1 Å².